The summed E-state index contributed by atoms with van der Waals surface area (Å²) in [5, 5.41) is 0. The first-order valence-corrected chi connectivity index (χ1v) is 13.5. The minimum atomic E-state index is -4.42. The van der Waals surface area contributed by atoms with Crippen LogP contribution in [0, 0.1) is 18.8 Å². The summed E-state index contributed by atoms with van der Waals surface area (Å²) in [6.07, 6.45) is 14.5. The molecule has 0 aromatic carbocycles. The van der Waals surface area contributed by atoms with E-state index in [0.717, 1.165) is 63.3 Å². The molecule has 2 aromatic rings. The maximum absolute atomic E-state index is 13.2. The number of hydrogen-bond acceptors (Lipinski definition) is 5. The number of aromatic nitrogens is 3. The van der Waals surface area contributed by atoms with Crippen LogP contribution in [-0.2, 0) is 23.9 Å². The molecule has 2 fully saturated rings. The Morgan fingerprint density at radius 1 is 1.03 bits per heavy atom. The summed E-state index contributed by atoms with van der Waals surface area (Å²) in [5.74, 6) is 1.34. The average Bonchev–Trinajstić information content (AvgIpc) is 3.44. The van der Waals surface area contributed by atoms with E-state index in [2.05, 4.69) is 46.5 Å². The number of nitrogens with zero attached hydrogens (tertiary/aromatic N) is 5. The van der Waals surface area contributed by atoms with Gasteiger partial charge in [-0.1, -0.05) is 20.3 Å². The summed E-state index contributed by atoms with van der Waals surface area (Å²) in [5.41, 5.74) is 0.437. The number of terminal acetylenes is 1. The molecule has 206 valence electrons. The monoisotopic (exact) mass is 529 g/mol. The van der Waals surface area contributed by atoms with Crippen LogP contribution in [0.4, 0.5) is 13.2 Å². The summed E-state index contributed by atoms with van der Waals surface area (Å²) >= 11 is 0. The molecule has 6 nitrogen and oxygen atoms in total. The van der Waals surface area contributed by atoms with Crippen molar-refractivity contribution in [1.82, 2.24) is 24.8 Å². The van der Waals surface area contributed by atoms with Crippen LogP contribution in [0.15, 0.2) is 30.7 Å². The van der Waals surface area contributed by atoms with Crippen LogP contribution in [0.5, 0.6) is 0 Å². The van der Waals surface area contributed by atoms with Gasteiger partial charge in [0.1, 0.15) is 5.82 Å². The Labute approximate surface area is 224 Å². The van der Waals surface area contributed by atoms with E-state index in [1.807, 2.05) is 6.07 Å². The fourth-order valence-corrected chi connectivity index (χ4v) is 5.59. The summed E-state index contributed by atoms with van der Waals surface area (Å²) in [7, 11) is 0. The summed E-state index contributed by atoms with van der Waals surface area (Å²) in [6, 6.07) is 3.38. The van der Waals surface area contributed by atoms with Crippen LogP contribution < -0.4 is 0 Å². The fourth-order valence-electron chi connectivity index (χ4n) is 5.59. The molecule has 0 N–H and O–H groups in total. The van der Waals surface area contributed by atoms with E-state index < -0.39 is 11.7 Å². The molecule has 9 heteroatoms. The van der Waals surface area contributed by atoms with E-state index >= 15 is 0 Å². The molecule has 0 bridgehead atoms. The van der Waals surface area contributed by atoms with Crippen LogP contribution in [0.2, 0.25) is 0 Å². The maximum atomic E-state index is 13.2. The molecule has 0 radical (unpaired) electrons. The lowest BCUT2D eigenvalue weighted by Gasteiger charge is -2.36. The molecule has 1 amide bonds. The lowest BCUT2D eigenvalue weighted by atomic mass is 9.94. The Morgan fingerprint density at radius 2 is 1.68 bits per heavy atom. The molecular formula is C29H38F3N5O. The zero-order valence-corrected chi connectivity index (χ0v) is 22.3. The highest BCUT2D eigenvalue weighted by Gasteiger charge is 2.38. The van der Waals surface area contributed by atoms with Gasteiger partial charge in [0.25, 0.3) is 0 Å². The van der Waals surface area contributed by atoms with Gasteiger partial charge in [-0.15, -0.1) is 12.8 Å². The molecule has 38 heavy (non-hydrogen) atoms. The third-order valence-electron chi connectivity index (χ3n) is 7.43. The number of alkyl halides is 3. The summed E-state index contributed by atoms with van der Waals surface area (Å²) < 4.78 is 39.2. The fraction of sp³-hybridized carbons (Fsp3) is 0.586. The number of halogens is 3. The van der Waals surface area contributed by atoms with Gasteiger partial charge < -0.3 is 9.80 Å². The van der Waals surface area contributed by atoms with E-state index in [1.165, 1.54) is 6.42 Å². The number of piperidine rings is 1. The topological polar surface area (TPSA) is 62.2 Å². The minimum Gasteiger partial charge on any atom is -0.338 e. The lowest BCUT2D eigenvalue weighted by molar-refractivity contribution is -0.138. The Balaban J connectivity index is 0.000000748. The molecule has 2 atom stereocenters. The van der Waals surface area contributed by atoms with Crippen LogP contribution in [0.3, 0.4) is 0 Å². The molecule has 1 saturated heterocycles. The average molecular weight is 530 g/mol. The molecule has 4 heterocycles. The predicted molar refractivity (Wildman–Crippen MR) is 141 cm³/mol. The molecule has 1 aliphatic carbocycles. The smallest absolute Gasteiger partial charge is 0.338 e. The number of fused-ring (bicyclic) bond motifs is 1. The van der Waals surface area contributed by atoms with Gasteiger partial charge in [0, 0.05) is 61.7 Å². The highest BCUT2D eigenvalue weighted by molar-refractivity contribution is 5.79. The Morgan fingerprint density at radius 3 is 2.32 bits per heavy atom. The Bertz CT molecular complexity index is 1050. The standard InChI is InChI=1S/C24H28F3N5O.C3H8.C2H2/c25-24(26,27)19-12-18-15-32(11-6-21(18)30-14-19)23(33)17-2-3-20(13-17)31-9-4-16(5-10-31)22-28-7-1-8-29-22;1-3-2;1-2/h1,7-8,12,14,16-17,20H,2-6,9-11,13,15H2;3H2,1-2H3;1-2H/t17-,20?;;/m0../s1. The van der Waals surface area contributed by atoms with Crippen molar-refractivity contribution in [3.05, 3.63) is 53.4 Å². The first-order chi connectivity index (χ1) is 18.3. The van der Waals surface area contributed by atoms with Gasteiger partial charge in [-0.2, -0.15) is 13.2 Å². The van der Waals surface area contributed by atoms with Crippen molar-refractivity contribution < 1.29 is 18.0 Å². The number of carbonyl (C=O) groups excluding carboxylic acids is 1. The number of amides is 1. The molecule has 1 saturated carbocycles. The van der Waals surface area contributed by atoms with E-state index in [0.29, 0.717) is 36.2 Å². The SMILES string of the molecule is C#C.CCC.O=C([C@H]1CCC(N2CCC(c3ncccn3)CC2)C1)N1CCc2ncc(C(F)(F)F)cc2C1. The number of carbonyl (C=O) groups is 1. The summed E-state index contributed by atoms with van der Waals surface area (Å²) in [6.45, 7) is 6.96. The normalized spacial score (nSPS) is 21.9. The maximum Gasteiger partial charge on any atom is 0.417 e. The van der Waals surface area contributed by atoms with Gasteiger partial charge >= 0.3 is 6.18 Å². The molecule has 3 aliphatic rings. The number of pyridine rings is 1. The van der Waals surface area contributed by atoms with Gasteiger partial charge in [0.2, 0.25) is 5.91 Å². The molecule has 1 unspecified atom stereocenters. The number of rotatable bonds is 3. The molecule has 0 spiro atoms. The van der Waals surface area contributed by atoms with Crippen molar-refractivity contribution in [2.45, 2.75) is 83.5 Å². The largest absolute Gasteiger partial charge is 0.417 e. The zero-order chi connectivity index (χ0) is 27.7. The minimum absolute atomic E-state index is 0.0505. The van der Waals surface area contributed by atoms with E-state index in [9.17, 15) is 18.0 Å². The molecule has 2 aliphatic heterocycles. The van der Waals surface area contributed by atoms with E-state index in [-0.39, 0.29) is 18.4 Å². The third kappa shape index (κ3) is 7.31. The van der Waals surface area contributed by atoms with E-state index in [1.54, 1.807) is 17.3 Å². The van der Waals surface area contributed by atoms with Gasteiger partial charge in [-0.3, -0.25) is 9.78 Å². The third-order valence-corrected chi connectivity index (χ3v) is 7.43. The molecular weight excluding hydrogens is 491 g/mol. The first kappa shape index (κ1) is 29.6. The van der Waals surface area contributed by atoms with Crippen molar-refractivity contribution in [3.8, 4) is 12.8 Å². The van der Waals surface area contributed by atoms with Crippen LogP contribution in [0.25, 0.3) is 0 Å². The second-order valence-electron chi connectivity index (χ2n) is 10.1. The number of hydrogen-bond donors (Lipinski definition) is 0. The van der Waals surface area contributed by atoms with Crippen LogP contribution in [-0.4, -0.2) is 56.3 Å². The van der Waals surface area contributed by atoms with Crippen LogP contribution in [0.1, 0.15) is 80.9 Å². The van der Waals surface area contributed by atoms with Crippen LogP contribution >= 0.6 is 0 Å². The highest BCUT2D eigenvalue weighted by Crippen LogP contribution is 2.36. The highest BCUT2D eigenvalue weighted by atomic mass is 19.4. The van der Waals surface area contributed by atoms with Crippen molar-refractivity contribution in [3.63, 3.8) is 0 Å². The predicted octanol–water partition coefficient (Wildman–Crippen LogP) is 5.49. The second kappa shape index (κ2) is 13.7. The zero-order valence-electron chi connectivity index (χ0n) is 22.3. The second-order valence-corrected chi connectivity index (χ2v) is 10.1. The quantitative estimate of drug-likeness (QED) is 0.492. The Hall–Kier alpha value is -2.99. The van der Waals surface area contributed by atoms with Gasteiger partial charge in [0.05, 0.1) is 5.56 Å². The van der Waals surface area contributed by atoms with Gasteiger partial charge in [-0.25, -0.2) is 9.97 Å². The Kier molecular flexibility index (Phi) is 10.7. The van der Waals surface area contributed by atoms with Crippen molar-refractivity contribution in [1.29, 1.82) is 0 Å². The summed E-state index contributed by atoms with van der Waals surface area (Å²) in [4.78, 5) is 30.2. The number of likely N-dealkylation sites (tertiary alicyclic amines) is 1. The van der Waals surface area contributed by atoms with Crippen molar-refractivity contribution in [2.75, 3.05) is 19.6 Å². The lowest BCUT2D eigenvalue weighted by Crippen LogP contribution is -2.42. The van der Waals surface area contributed by atoms with Gasteiger partial charge in [-0.05, 0) is 62.9 Å². The van der Waals surface area contributed by atoms with Crippen molar-refractivity contribution >= 4 is 5.91 Å². The molecule has 2 aromatic heterocycles. The van der Waals surface area contributed by atoms with E-state index in [4.69, 9.17) is 0 Å². The molecule has 5 rings (SSSR count). The van der Waals surface area contributed by atoms with Crippen molar-refractivity contribution in [2.24, 2.45) is 5.92 Å². The van der Waals surface area contributed by atoms with Gasteiger partial charge in [0.15, 0.2) is 0 Å². The first-order valence-electron chi connectivity index (χ1n) is 13.5.